The minimum absolute atomic E-state index is 0.258. The first-order chi connectivity index (χ1) is 8.74. The first-order valence-corrected chi connectivity index (χ1v) is 5.37. The van der Waals surface area contributed by atoms with Gasteiger partial charge in [-0.2, -0.15) is 5.10 Å². The van der Waals surface area contributed by atoms with Crippen LogP contribution in [0.2, 0.25) is 0 Å². The van der Waals surface area contributed by atoms with Gasteiger partial charge in [-0.05, 0) is 30.3 Å². The SMILES string of the molecule is O=C(O)c1ccc2nn(-c3cccnc3)cc2c1. The first kappa shape index (κ1) is 10.5. The van der Waals surface area contributed by atoms with Gasteiger partial charge in [-0.15, -0.1) is 0 Å². The number of carboxylic acids is 1. The third-order valence-electron chi connectivity index (χ3n) is 2.66. The van der Waals surface area contributed by atoms with Gasteiger partial charge in [-0.1, -0.05) is 0 Å². The maximum atomic E-state index is 10.9. The lowest BCUT2D eigenvalue weighted by atomic mass is 10.2. The van der Waals surface area contributed by atoms with Crippen LogP contribution in [0.3, 0.4) is 0 Å². The van der Waals surface area contributed by atoms with Crippen molar-refractivity contribution in [1.29, 1.82) is 0 Å². The van der Waals surface area contributed by atoms with E-state index in [2.05, 4.69) is 10.1 Å². The number of pyridine rings is 1. The first-order valence-electron chi connectivity index (χ1n) is 5.37. The molecule has 0 fully saturated rings. The lowest BCUT2D eigenvalue weighted by Crippen LogP contribution is -1.94. The second-order valence-corrected chi connectivity index (χ2v) is 3.86. The van der Waals surface area contributed by atoms with Gasteiger partial charge in [0.15, 0.2) is 0 Å². The zero-order valence-corrected chi connectivity index (χ0v) is 9.32. The van der Waals surface area contributed by atoms with Crippen molar-refractivity contribution in [2.75, 3.05) is 0 Å². The molecule has 88 valence electrons. The summed E-state index contributed by atoms with van der Waals surface area (Å²) in [6, 6.07) is 8.57. The lowest BCUT2D eigenvalue weighted by Gasteiger charge is -1.97. The summed E-state index contributed by atoms with van der Waals surface area (Å²) in [5.41, 5.74) is 1.85. The van der Waals surface area contributed by atoms with Crippen LogP contribution in [0.4, 0.5) is 0 Å². The molecule has 0 amide bonds. The largest absolute Gasteiger partial charge is 0.478 e. The van der Waals surface area contributed by atoms with Crippen molar-refractivity contribution in [3.63, 3.8) is 0 Å². The summed E-state index contributed by atoms with van der Waals surface area (Å²) in [6.07, 6.45) is 5.18. The number of fused-ring (bicyclic) bond motifs is 1. The Labute approximate surface area is 102 Å². The Hall–Kier alpha value is -2.69. The van der Waals surface area contributed by atoms with Crippen LogP contribution in [0.25, 0.3) is 16.6 Å². The monoisotopic (exact) mass is 239 g/mol. The van der Waals surface area contributed by atoms with Crippen LogP contribution in [-0.4, -0.2) is 25.8 Å². The van der Waals surface area contributed by atoms with E-state index in [1.807, 2.05) is 12.1 Å². The van der Waals surface area contributed by atoms with Crippen molar-refractivity contribution in [3.8, 4) is 5.69 Å². The molecule has 0 atom stereocenters. The van der Waals surface area contributed by atoms with Crippen LogP contribution in [0.15, 0.2) is 48.9 Å². The van der Waals surface area contributed by atoms with E-state index in [1.165, 1.54) is 0 Å². The standard InChI is InChI=1S/C13H9N3O2/c17-13(18)9-3-4-12-10(6-9)8-16(15-12)11-2-1-5-14-7-11/h1-8H,(H,17,18). The molecule has 5 heteroatoms. The summed E-state index contributed by atoms with van der Waals surface area (Å²) in [5.74, 6) is -0.939. The van der Waals surface area contributed by atoms with Crippen molar-refractivity contribution in [3.05, 3.63) is 54.5 Å². The van der Waals surface area contributed by atoms with E-state index < -0.39 is 5.97 Å². The van der Waals surface area contributed by atoms with E-state index in [0.29, 0.717) is 0 Å². The van der Waals surface area contributed by atoms with Crippen LogP contribution in [0.5, 0.6) is 0 Å². The molecule has 0 unspecified atom stereocenters. The molecule has 3 rings (SSSR count). The Kier molecular flexibility index (Phi) is 2.30. The van der Waals surface area contributed by atoms with E-state index in [9.17, 15) is 4.79 Å². The van der Waals surface area contributed by atoms with Crippen molar-refractivity contribution < 1.29 is 9.90 Å². The Morgan fingerprint density at radius 2 is 2.17 bits per heavy atom. The van der Waals surface area contributed by atoms with Gasteiger partial charge < -0.3 is 5.11 Å². The average molecular weight is 239 g/mol. The predicted molar refractivity (Wildman–Crippen MR) is 65.8 cm³/mol. The maximum absolute atomic E-state index is 10.9. The Balaban J connectivity index is 2.14. The van der Waals surface area contributed by atoms with E-state index in [4.69, 9.17) is 5.11 Å². The summed E-state index contributed by atoms with van der Waals surface area (Å²) in [4.78, 5) is 14.9. The summed E-state index contributed by atoms with van der Waals surface area (Å²) >= 11 is 0. The molecule has 3 aromatic rings. The summed E-state index contributed by atoms with van der Waals surface area (Å²) in [7, 11) is 0. The Morgan fingerprint density at radius 3 is 2.89 bits per heavy atom. The molecule has 2 heterocycles. The fourth-order valence-electron chi connectivity index (χ4n) is 1.78. The molecule has 0 aliphatic carbocycles. The third kappa shape index (κ3) is 1.71. The second kappa shape index (κ2) is 3.96. The molecule has 0 aliphatic rings. The molecule has 5 nitrogen and oxygen atoms in total. The number of aromatic nitrogens is 3. The summed E-state index contributed by atoms with van der Waals surface area (Å²) in [6.45, 7) is 0. The van der Waals surface area contributed by atoms with E-state index in [1.54, 1.807) is 41.5 Å². The average Bonchev–Trinajstić information content (AvgIpc) is 2.82. The highest BCUT2D eigenvalue weighted by Crippen LogP contribution is 2.17. The predicted octanol–water partition coefficient (Wildman–Crippen LogP) is 2.12. The number of nitrogens with zero attached hydrogens (tertiary/aromatic N) is 3. The van der Waals surface area contributed by atoms with Crippen LogP contribution in [0.1, 0.15) is 10.4 Å². The molecule has 18 heavy (non-hydrogen) atoms. The fourth-order valence-corrected chi connectivity index (χ4v) is 1.78. The number of hydrogen-bond acceptors (Lipinski definition) is 3. The van der Waals surface area contributed by atoms with Gasteiger partial charge in [0, 0.05) is 17.8 Å². The van der Waals surface area contributed by atoms with Gasteiger partial charge in [0.2, 0.25) is 0 Å². The van der Waals surface area contributed by atoms with E-state index >= 15 is 0 Å². The highest BCUT2D eigenvalue weighted by molar-refractivity contribution is 5.93. The fraction of sp³-hybridized carbons (Fsp3) is 0. The van der Waals surface area contributed by atoms with Crippen molar-refractivity contribution >= 4 is 16.9 Å². The molecule has 1 aromatic carbocycles. The van der Waals surface area contributed by atoms with Gasteiger partial charge in [-0.25, -0.2) is 9.48 Å². The quantitative estimate of drug-likeness (QED) is 0.743. The van der Waals surface area contributed by atoms with Crippen LogP contribution in [0, 0.1) is 0 Å². The topological polar surface area (TPSA) is 68.0 Å². The summed E-state index contributed by atoms with van der Waals surface area (Å²) in [5, 5.41) is 14.1. The second-order valence-electron chi connectivity index (χ2n) is 3.86. The third-order valence-corrected chi connectivity index (χ3v) is 2.66. The molecule has 0 aliphatic heterocycles. The normalized spacial score (nSPS) is 10.7. The van der Waals surface area contributed by atoms with Crippen LogP contribution in [-0.2, 0) is 0 Å². The highest BCUT2D eigenvalue weighted by Gasteiger charge is 2.07. The van der Waals surface area contributed by atoms with E-state index in [0.717, 1.165) is 16.6 Å². The molecule has 1 N–H and O–H groups in total. The maximum Gasteiger partial charge on any atom is 0.335 e. The molecule has 0 spiro atoms. The number of carboxylic acid groups (broad SMARTS) is 1. The molecule has 0 saturated carbocycles. The molecule has 0 radical (unpaired) electrons. The van der Waals surface area contributed by atoms with Crippen molar-refractivity contribution in [1.82, 2.24) is 14.8 Å². The van der Waals surface area contributed by atoms with Crippen molar-refractivity contribution in [2.45, 2.75) is 0 Å². The number of rotatable bonds is 2. The lowest BCUT2D eigenvalue weighted by molar-refractivity contribution is 0.0697. The molecular weight excluding hydrogens is 230 g/mol. The smallest absolute Gasteiger partial charge is 0.335 e. The molecule has 2 aromatic heterocycles. The minimum atomic E-state index is -0.939. The minimum Gasteiger partial charge on any atom is -0.478 e. The van der Waals surface area contributed by atoms with E-state index in [-0.39, 0.29) is 5.56 Å². The summed E-state index contributed by atoms with van der Waals surface area (Å²) < 4.78 is 1.68. The number of aromatic carboxylic acids is 1. The molecule has 0 bridgehead atoms. The van der Waals surface area contributed by atoms with Crippen LogP contribution >= 0.6 is 0 Å². The van der Waals surface area contributed by atoms with Gasteiger partial charge in [0.25, 0.3) is 0 Å². The zero-order valence-electron chi connectivity index (χ0n) is 9.32. The number of carbonyl (C=O) groups is 1. The zero-order chi connectivity index (χ0) is 12.5. The van der Waals surface area contributed by atoms with Crippen LogP contribution < -0.4 is 0 Å². The van der Waals surface area contributed by atoms with Gasteiger partial charge >= 0.3 is 5.97 Å². The Bertz CT molecular complexity index is 719. The molecular formula is C13H9N3O2. The van der Waals surface area contributed by atoms with Gasteiger partial charge in [-0.3, -0.25) is 4.98 Å². The molecule has 0 saturated heterocycles. The number of hydrogen-bond donors (Lipinski definition) is 1. The highest BCUT2D eigenvalue weighted by atomic mass is 16.4. The van der Waals surface area contributed by atoms with Gasteiger partial charge in [0.05, 0.1) is 23.0 Å². The van der Waals surface area contributed by atoms with Crippen molar-refractivity contribution in [2.24, 2.45) is 0 Å². The van der Waals surface area contributed by atoms with Gasteiger partial charge in [0.1, 0.15) is 0 Å². The number of benzene rings is 1. The Morgan fingerprint density at radius 1 is 1.28 bits per heavy atom.